The number of hydrogen-bond acceptors (Lipinski definition) is 2. The zero-order chi connectivity index (χ0) is 12.8. The van der Waals surface area contributed by atoms with Gasteiger partial charge in [0.05, 0.1) is 0 Å². The highest BCUT2D eigenvalue weighted by molar-refractivity contribution is 9.10. The molecule has 1 aromatic rings. The molecule has 1 heterocycles. The van der Waals surface area contributed by atoms with Crippen molar-refractivity contribution >= 4 is 21.6 Å². The standard InChI is InChI=1S/C14H20BrFN2/c15-13-9-12(10-16)1-2-14(13)18-8-5-11-3-6-17-7-4-11/h1-2,9,11,17-18H,3-8,10H2. The molecule has 0 aliphatic carbocycles. The van der Waals surface area contributed by atoms with Crippen molar-refractivity contribution in [3.05, 3.63) is 28.2 Å². The van der Waals surface area contributed by atoms with Gasteiger partial charge in [-0.3, -0.25) is 0 Å². The summed E-state index contributed by atoms with van der Waals surface area (Å²) in [5.74, 6) is 0.836. The van der Waals surface area contributed by atoms with E-state index >= 15 is 0 Å². The summed E-state index contributed by atoms with van der Waals surface area (Å²) in [5.41, 5.74) is 1.77. The maximum absolute atomic E-state index is 12.5. The van der Waals surface area contributed by atoms with Crippen LogP contribution in [-0.4, -0.2) is 19.6 Å². The summed E-state index contributed by atoms with van der Waals surface area (Å²) >= 11 is 3.47. The van der Waals surface area contributed by atoms with E-state index in [1.165, 1.54) is 19.3 Å². The molecular weight excluding hydrogens is 295 g/mol. The van der Waals surface area contributed by atoms with Crippen LogP contribution in [0.5, 0.6) is 0 Å². The molecule has 1 aromatic carbocycles. The lowest BCUT2D eigenvalue weighted by molar-refractivity contribution is 0.361. The number of hydrogen-bond donors (Lipinski definition) is 2. The monoisotopic (exact) mass is 314 g/mol. The molecule has 0 spiro atoms. The SMILES string of the molecule is FCc1ccc(NCCC2CCNCC2)c(Br)c1. The molecule has 2 nitrogen and oxygen atoms in total. The van der Waals surface area contributed by atoms with Gasteiger partial charge in [-0.2, -0.15) is 0 Å². The Morgan fingerprint density at radius 2 is 2.11 bits per heavy atom. The summed E-state index contributed by atoms with van der Waals surface area (Å²) in [6.07, 6.45) is 3.77. The minimum atomic E-state index is -0.409. The number of benzene rings is 1. The summed E-state index contributed by atoms with van der Waals surface area (Å²) in [4.78, 5) is 0. The number of piperidine rings is 1. The molecule has 1 aliphatic rings. The van der Waals surface area contributed by atoms with Crippen LogP contribution in [0.2, 0.25) is 0 Å². The largest absolute Gasteiger partial charge is 0.384 e. The average molecular weight is 315 g/mol. The van der Waals surface area contributed by atoms with Crippen molar-refractivity contribution in [3.63, 3.8) is 0 Å². The van der Waals surface area contributed by atoms with Crippen molar-refractivity contribution in [2.24, 2.45) is 5.92 Å². The fourth-order valence-corrected chi connectivity index (χ4v) is 2.93. The molecule has 2 rings (SSSR count). The van der Waals surface area contributed by atoms with Gasteiger partial charge in [0.2, 0.25) is 0 Å². The Kier molecular flexibility index (Phi) is 5.45. The van der Waals surface area contributed by atoms with Crippen LogP contribution >= 0.6 is 15.9 Å². The van der Waals surface area contributed by atoms with Crippen LogP contribution in [0.15, 0.2) is 22.7 Å². The van der Waals surface area contributed by atoms with Crippen molar-refractivity contribution in [2.75, 3.05) is 25.0 Å². The fraction of sp³-hybridized carbons (Fsp3) is 0.571. The van der Waals surface area contributed by atoms with E-state index in [0.717, 1.165) is 35.7 Å². The Morgan fingerprint density at radius 1 is 1.33 bits per heavy atom. The van der Waals surface area contributed by atoms with Crippen molar-refractivity contribution in [1.82, 2.24) is 5.32 Å². The topological polar surface area (TPSA) is 24.1 Å². The van der Waals surface area contributed by atoms with Crippen LogP contribution in [0.1, 0.15) is 24.8 Å². The van der Waals surface area contributed by atoms with E-state index in [1.54, 1.807) is 0 Å². The van der Waals surface area contributed by atoms with E-state index in [4.69, 9.17) is 0 Å². The highest BCUT2D eigenvalue weighted by Crippen LogP contribution is 2.24. The molecule has 0 unspecified atom stereocenters. The lowest BCUT2D eigenvalue weighted by atomic mass is 9.95. The molecule has 1 aliphatic heterocycles. The van der Waals surface area contributed by atoms with Crippen LogP contribution < -0.4 is 10.6 Å². The second kappa shape index (κ2) is 7.10. The van der Waals surface area contributed by atoms with E-state index in [2.05, 4.69) is 26.6 Å². The van der Waals surface area contributed by atoms with Gasteiger partial charge in [-0.15, -0.1) is 0 Å². The van der Waals surface area contributed by atoms with Gasteiger partial charge >= 0.3 is 0 Å². The molecular formula is C14H20BrFN2. The summed E-state index contributed by atoms with van der Waals surface area (Å²) in [6.45, 7) is 2.88. The predicted octanol–water partition coefficient (Wildman–Crippen LogP) is 3.72. The van der Waals surface area contributed by atoms with Gasteiger partial charge in [-0.05, 0) is 71.9 Å². The minimum absolute atomic E-state index is 0.409. The summed E-state index contributed by atoms with van der Waals surface area (Å²) < 4.78 is 13.4. The lowest BCUT2D eigenvalue weighted by Crippen LogP contribution is -2.28. The molecule has 0 amide bonds. The summed E-state index contributed by atoms with van der Waals surface area (Å²) in [6, 6.07) is 5.62. The predicted molar refractivity (Wildman–Crippen MR) is 77.7 cm³/mol. The van der Waals surface area contributed by atoms with Gasteiger partial charge in [0.25, 0.3) is 0 Å². The van der Waals surface area contributed by atoms with Crippen LogP contribution in [0.25, 0.3) is 0 Å². The van der Waals surface area contributed by atoms with Crippen LogP contribution in [0, 0.1) is 5.92 Å². The molecule has 1 saturated heterocycles. The molecule has 18 heavy (non-hydrogen) atoms. The molecule has 100 valence electrons. The molecule has 2 N–H and O–H groups in total. The third-order valence-corrected chi connectivity index (χ3v) is 4.17. The average Bonchev–Trinajstić information content (AvgIpc) is 2.42. The Balaban J connectivity index is 1.79. The van der Waals surface area contributed by atoms with Gasteiger partial charge in [-0.25, -0.2) is 4.39 Å². The van der Waals surface area contributed by atoms with Crippen molar-refractivity contribution in [2.45, 2.75) is 25.9 Å². The summed E-state index contributed by atoms with van der Waals surface area (Å²) in [7, 11) is 0. The Hall–Kier alpha value is -0.610. The first-order valence-corrected chi connectivity index (χ1v) is 7.38. The molecule has 4 heteroatoms. The Morgan fingerprint density at radius 3 is 2.78 bits per heavy atom. The van der Waals surface area contributed by atoms with Crippen molar-refractivity contribution in [3.8, 4) is 0 Å². The second-order valence-corrected chi connectivity index (χ2v) is 5.71. The van der Waals surface area contributed by atoms with Crippen molar-refractivity contribution in [1.29, 1.82) is 0 Å². The molecule has 1 fully saturated rings. The number of halogens is 2. The number of alkyl halides is 1. The lowest BCUT2D eigenvalue weighted by Gasteiger charge is -2.22. The second-order valence-electron chi connectivity index (χ2n) is 4.86. The minimum Gasteiger partial charge on any atom is -0.384 e. The molecule has 0 radical (unpaired) electrons. The normalized spacial score (nSPS) is 16.8. The van der Waals surface area contributed by atoms with E-state index in [0.29, 0.717) is 5.56 Å². The first-order valence-electron chi connectivity index (χ1n) is 6.58. The van der Waals surface area contributed by atoms with Crippen LogP contribution in [0.4, 0.5) is 10.1 Å². The van der Waals surface area contributed by atoms with E-state index in [-0.39, 0.29) is 0 Å². The highest BCUT2D eigenvalue weighted by Gasteiger charge is 2.12. The third kappa shape index (κ3) is 3.95. The van der Waals surface area contributed by atoms with Gasteiger partial charge in [0.1, 0.15) is 6.67 Å². The first-order chi connectivity index (χ1) is 8.79. The number of nitrogens with one attached hydrogen (secondary N) is 2. The molecule has 0 bridgehead atoms. The van der Waals surface area contributed by atoms with Gasteiger partial charge in [-0.1, -0.05) is 6.07 Å². The van der Waals surface area contributed by atoms with Gasteiger partial charge < -0.3 is 10.6 Å². The quantitative estimate of drug-likeness (QED) is 0.865. The number of rotatable bonds is 5. The third-order valence-electron chi connectivity index (χ3n) is 3.51. The zero-order valence-electron chi connectivity index (χ0n) is 10.5. The van der Waals surface area contributed by atoms with Gasteiger partial charge in [0, 0.05) is 16.7 Å². The van der Waals surface area contributed by atoms with Gasteiger partial charge in [0.15, 0.2) is 0 Å². The van der Waals surface area contributed by atoms with Crippen LogP contribution in [-0.2, 0) is 6.67 Å². The Bertz CT molecular complexity index is 378. The fourth-order valence-electron chi connectivity index (χ4n) is 2.37. The molecule has 0 atom stereocenters. The summed E-state index contributed by atoms with van der Waals surface area (Å²) in [5, 5.41) is 6.80. The maximum Gasteiger partial charge on any atom is 0.115 e. The van der Waals surface area contributed by atoms with E-state index in [9.17, 15) is 4.39 Å². The van der Waals surface area contributed by atoms with E-state index < -0.39 is 6.67 Å². The highest BCUT2D eigenvalue weighted by atomic mass is 79.9. The molecule has 0 aromatic heterocycles. The van der Waals surface area contributed by atoms with Crippen LogP contribution in [0.3, 0.4) is 0 Å². The molecule has 0 saturated carbocycles. The zero-order valence-corrected chi connectivity index (χ0v) is 12.1. The number of anilines is 1. The van der Waals surface area contributed by atoms with E-state index in [1.807, 2.05) is 18.2 Å². The smallest absolute Gasteiger partial charge is 0.115 e. The Labute approximate surface area is 116 Å². The first kappa shape index (κ1) is 13.8. The van der Waals surface area contributed by atoms with Crippen molar-refractivity contribution < 1.29 is 4.39 Å². The maximum atomic E-state index is 12.5.